The van der Waals surface area contributed by atoms with E-state index in [-0.39, 0.29) is 30.4 Å². The molecular weight excluding hydrogens is 413 g/mol. The monoisotopic (exact) mass is 447 g/mol. The number of ketones is 2. The second-order valence-corrected chi connectivity index (χ2v) is 10.8. The van der Waals surface area contributed by atoms with E-state index in [0.717, 1.165) is 12.0 Å². The molecule has 1 unspecified atom stereocenters. The summed E-state index contributed by atoms with van der Waals surface area (Å²) in [7, 11) is 0. The summed E-state index contributed by atoms with van der Waals surface area (Å²) in [4.78, 5) is 25.3. The lowest BCUT2D eigenvalue weighted by molar-refractivity contribution is -0.230. The van der Waals surface area contributed by atoms with Gasteiger partial charge in [0, 0.05) is 16.7 Å². The average molecular weight is 448 g/mol. The number of carbonyl (C=O) groups is 2. The van der Waals surface area contributed by atoms with Crippen LogP contribution in [-0.4, -0.2) is 53.0 Å². The number of rotatable bonds is 4. The third-order valence-electron chi connectivity index (χ3n) is 9.56. The Kier molecular flexibility index (Phi) is 4.93. The Hall–Kier alpha value is -1.41. The number of aliphatic hydroxyl groups excluding tert-OH is 1. The minimum Gasteiger partial charge on any atom is -0.390 e. The Morgan fingerprint density at radius 2 is 2.09 bits per heavy atom. The molecule has 0 aromatic rings. The summed E-state index contributed by atoms with van der Waals surface area (Å²) in [6, 6.07) is 0. The summed E-state index contributed by atoms with van der Waals surface area (Å²) in [6.07, 6.45) is 5.50. The van der Waals surface area contributed by atoms with E-state index in [4.69, 9.17) is 15.2 Å². The van der Waals surface area contributed by atoms with Gasteiger partial charge in [0.1, 0.15) is 0 Å². The maximum atomic E-state index is 17.2. The van der Waals surface area contributed by atoms with Gasteiger partial charge in [-0.05, 0) is 57.1 Å². The highest BCUT2D eigenvalue weighted by molar-refractivity contribution is 6.01. The van der Waals surface area contributed by atoms with Crippen LogP contribution in [0.1, 0.15) is 59.3 Å². The van der Waals surface area contributed by atoms with Crippen molar-refractivity contribution in [2.24, 2.45) is 28.4 Å². The molecule has 5 rings (SSSR count). The molecule has 32 heavy (non-hydrogen) atoms. The summed E-state index contributed by atoms with van der Waals surface area (Å²) >= 11 is 0. The van der Waals surface area contributed by atoms with Gasteiger partial charge in [-0.3, -0.25) is 9.59 Å². The molecule has 6 nitrogen and oxygen atoms in total. The van der Waals surface area contributed by atoms with E-state index in [1.165, 1.54) is 12.2 Å². The zero-order chi connectivity index (χ0) is 23.1. The smallest absolute Gasteiger partial charge is 0.181 e. The molecule has 5 aliphatic rings. The zero-order valence-electron chi connectivity index (χ0n) is 19.1. The highest BCUT2D eigenvalue weighted by atomic mass is 19.1. The standard InChI is InChI=1S/C25H34FNO5/c1-4-5-21-31-20-11-17-16-7-6-14-10-15(28)8-9-22(14,2)24(16,26)18(29)12-23(17,3)25(20,32-21)19(30)13-27/h8-10,16-18,20-21,29H,4-7,11-13,27H2,1-3H3/t16-,17-,18-,20+,21?,22-,23-,24-,25+/m0/s1. The first-order valence-electron chi connectivity index (χ1n) is 12.0. The van der Waals surface area contributed by atoms with Crippen molar-refractivity contribution in [2.45, 2.75) is 89.1 Å². The van der Waals surface area contributed by atoms with E-state index in [0.29, 0.717) is 25.7 Å². The van der Waals surface area contributed by atoms with Gasteiger partial charge in [-0.1, -0.05) is 31.9 Å². The van der Waals surface area contributed by atoms with Crippen LogP contribution in [0.5, 0.6) is 0 Å². The quantitative estimate of drug-likeness (QED) is 0.688. The van der Waals surface area contributed by atoms with Gasteiger partial charge < -0.3 is 20.3 Å². The Balaban J connectivity index is 1.60. The van der Waals surface area contributed by atoms with E-state index >= 15 is 4.39 Å². The van der Waals surface area contributed by atoms with Crippen molar-refractivity contribution in [3.05, 3.63) is 23.8 Å². The minimum atomic E-state index is -1.94. The number of aliphatic hydroxyl groups is 1. The van der Waals surface area contributed by atoms with Gasteiger partial charge >= 0.3 is 0 Å². The fourth-order valence-corrected chi connectivity index (χ4v) is 8.04. The lowest BCUT2D eigenvalue weighted by Crippen LogP contribution is -2.70. The number of hydrogen-bond donors (Lipinski definition) is 2. The average Bonchev–Trinajstić information content (AvgIpc) is 3.22. The van der Waals surface area contributed by atoms with E-state index < -0.39 is 46.5 Å². The number of allylic oxidation sites excluding steroid dienone is 4. The van der Waals surface area contributed by atoms with Gasteiger partial charge in [0.15, 0.2) is 29.1 Å². The lowest BCUT2D eigenvalue weighted by Gasteiger charge is -2.62. The number of nitrogens with two attached hydrogens (primary N) is 1. The molecule has 3 saturated carbocycles. The van der Waals surface area contributed by atoms with E-state index in [9.17, 15) is 14.7 Å². The number of alkyl halides is 1. The van der Waals surface area contributed by atoms with Crippen molar-refractivity contribution < 1.29 is 28.6 Å². The van der Waals surface area contributed by atoms with Crippen LogP contribution in [0.15, 0.2) is 23.8 Å². The van der Waals surface area contributed by atoms with Gasteiger partial charge in [-0.2, -0.15) is 0 Å². The topological polar surface area (TPSA) is 98.9 Å². The molecule has 176 valence electrons. The Labute approximate surface area is 188 Å². The predicted molar refractivity (Wildman–Crippen MR) is 115 cm³/mol. The highest BCUT2D eigenvalue weighted by Gasteiger charge is 2.79. The van der Waals surface area contributed by atoms with E-state index in [1.54, 1.807) is 13.0 Å². The molecule has 1 heterocycles. The molecule has 0 bridgehead atoms. The molecule has 3 N–H and O–H groups in total. The van der Waals surface area contributed by atoms with Crippen LogP contribution in [0.2, 0.25) is 0 Å². The van der Waals surface area contributed by atoms with Gasteiger partial charge in [-0.25, -0.2) is 4.39 Å². The summed E-state index contributed by atoms with van der Waals surface area (Å²) in [5.74, 6) is -1.05. The normalized spacial score (nSPS) is 51.5. The van der Waals surface area contributed by atoms with Gasteiger partial charge in [-0.15, -0.1) is 0 Å². The molecule has 0 spiro atoms. The number of halogens is 1. The lowest BCUT2D eigenvalue weighted by atomic mass is 9.44. The number of ether oxygens (including phenoxy) is 2. The molecule has 0 radical (unpaired) electrons. The van der Waals surface area contributed by atoms with Crippen molar-refractivity contribution in [2.75, 3.05) is 6.54 Å². The largest absolute Gasteiger partial charge is 0.390 e. The molecular formula is C25H34FNO5. The molecule has 0 aromatic carbocycles. The fourth-order valence-electron chi connectivity index (χ4n) is 8.04. The molecule has 1 aliphatic heterocycles. The van der Waals surface area contributed by atoms with Crippen molar-refractivity contribution in [1.29, 1.82) is 0 Å². The Morgan fingerprint density at radius 1 is 1.34 bits per heavy atom. The van der Waals surface area contributed by atoms with Crippen molar-refractivity contribution >= 4 is 11.6 Å². The third kappa shape index (κ3) is 2.43. The van der Waals surface area contributed by atoms with Crippen LogP contribution in [0.3, 0.4) is 0 Å². The fraction of sp³-hybridized carbons (Fsp3) is 0.760. The molecule has 4 fully saturated rings. The van der Waals surface area contributed by atoms with Crippen LogP contribution in [0.25, 0.3) is 0 Å². The maximum absolute atomic E-state index is 17.2. The van der Waals surface area contributed by atoms with E-state index in [2.05, 4.69) is 0 Å². The Morgan fingerprint density at radius 3 is 2.78 bits per heavy atom. The third-order valence-corrected chi connectivity index (χ3v) is 9.56. The zero-order valence-corrected chi connectivity index (χ0v) is 19.1. The van der Waals surface area contributed by atoms with Crippen LogP contribution in [0, 0.1) is 22.7 Å². The molecule has 1 saturated heterocycles. The minimum absolute atomic E-state index is 0.0831. The second-order valence-electron chi connectivity index (χ2n) is 10.8. The van der Waals surface area contributed by atoms with E-state index in [1.807, 2.05) is 13.8 Å². The molecule has 0 amide bonds. The van der Waals surface area contributed by atoms with Crippen LogP contribution < -0.4 is 5.73 Å². The summed E-state index contributed by atoms with van der Waals surface area (Å²) in [5, 5.41) is 11.4. The summed E-state index contributed by atoms with van der Waals surface area (Å²) in [6.45, 7) is 5.60. The SMILES string of the molecule is CCCC1O[C@@H]2C[C@H]3[C@@H]4CCC5=CC(=O)C=C[C@]5(C)[C@@]4(F)[C@@H](O)C[C@]3(C)[C@]2(C(=O)CN)O1. The summed E-state index contributed by atoms with van der Waals surface area (Å²) in [5.41, 5.74) is 1.55. The van der Waals surface area contributed by atoms with Crippen molar-refractivity contribution in [3.63, 3.8) is 0 Å². The molecule has 7 heteroatoms. The molecule has 9 atom stereocenters. The van der Waals surface area contributed by atoms with Crippen LogP contribution in [0.4, 0.5) is 4.39 Å². The number of hydrogen-bond acceptors (Lipinski definition) is 6. The predicted octanol–water partition coefficient (Wildman–Crippen LogP) is 2.78. The Bertz CT molecular complexity index is 918. The molecule has 0 aromatic heterocycles. The summed E-state index contributed by atoms with van der Waals surface area (Å²) < 4.78 is 29.8. The van der Waals surface area contributed by atoms with Gasteiger partial charge in [0.2, 0.25) is 0 Å². The first-order valence-corrected chi connectivity index (χ1v) is 12.0. The molecule has 4 aliphatic carbocycles. The van der Waals surface area contributed by atoms with Crippen molar-refractivity contribution in [3.8, 4) is 0 Å². The second kappa shape index (κ2) is 7.05. The first kappa shape index (κ1) is 22.4. The van der Waals surface area contributed by atoms with Crippen LogP contribution >= 0.6 is 0 Å². The maximum Gasteiger partial charge on any atom is 0.181 e. The highest BCUT2D eigenvalue weighted by Crippen LogP contribution is 2.71. The van der Waals surface area contributed by atoms with Gasteiger partial charge in [0.05, 0.1) is 18.8 Å². The number of Topliss-reactive ketones (excluding diaryl/α,β-unsaturated/α-hetero) is 1. The van der Waals surface area contributed by atoms with Gasteiger partial charge in [0.25, 0.3) is 0 Å². The van der Waals surface area contributed by atoms with Crippen LogP contribution in [-0.2, 0) is 19.1 Å². The first-order chi connectivity index (χ1) is 15.1. The number of fused-ring (bicyclic) bond motifs is 7. The number of carbonyl (C=O) groups excluding carboxylic acids is 2. The van der Waals surface area contributed by atoms with Crippen molar-refractivity contribution in [1.82, 2.24) is 0 Å².